The van der Waals surface area contributed by atoms with Gasteiger partial charge in [-0.25, -0.2) is 9.98 Å². The lowest BCUT2D eigenvalue weighted by molar-refractivity contribution is 0.702. The zero-order chi connectivity index (χ0) is 11.1. The van der Waals surface area contributed by atoms with E-state index >= 15 is 0 Å². The standard InChI is InChI=1S/C13H22N2/c1-4-14-13(11(2)3)15-12-9-7-5-6-8-10-12/h4,11H,1,5-10H2,2-3H3. The maximum Gasteiger partial charge on any atom is 0.130 e. The number of rotatable bonds is 2. The van der Waals surface area contributed by atoms with Crippen LogP contribution in [0.15, 0.2) is 22.8 Å². The van der Waals surface area contributed by atoms with Gasteiger partial charge in [-0.2, -0.15) is 0 Å². The van der Waals surface area contributed by atoms with Crippen LogP contribution in [0.25, 0.3) is 0 Å². The molecule has 0 spiro atoms. The average Bonchev–Trinajstić information content (AvgIpc) is 2.45. The second-order valence-electron chi connectivity index (χ2n) is 4.42. The summed E-state index contributed by atoms with van der Waals surface area (Å²) in [6.45, 7) is 7.89. The molecule has 0 unspecified atom stereocenters. The summed E-state index contributed by atoms with van der Waals surface area (Å²) in [7, 11) is 0. The van der Waals surface area contributed by atoms with Gasteiger partial charge in [0.2, 0.25) is 0 Å². The molecule has 0 atom stereocenters. The summed E-state index contributed by atoms with van der Waals surface area (Å²) < 4.78 is 0. The van der Waals surface area contributed by atoms with E-state index < -0.39 is 0 Å². The molecule has 1 rings (SSSR count). The van der Waals surface area contributed by atoms with E-state index in [4.69, 9.17) is 0 Å². The minimum atomic E-state index is 0.388. The van der Waals surface area contributed by atoms with E-state index in [-0.39, 0.29) is 0 Å². The Hall–Kier alpha value is -0.920. The van der Waals surface area contributed by atoms with Crippen molar-refractivity contribution in [2.24, 2.45) is 15.9 Å². The second kappa shape index (κ2) is 6.54. The molecule has 0 aliphatic heterocycles. The first kappa shape index (κ1) is 12.2. The number of aliphatic imine (C=N–C) groups is 2. The quantitative estimate of drug-likeness (QED) is 0.371. The number of hydrogen-bond acceptors (Lipinski definition) is 1. The van der Waals surface area contributed by atoms with Crippen molar-refractivity contribution >= 4 is 11.5 Å². The van der Waals surface area contributed by atoms with Crippen LogP contribution in [0.5, 0.6) is 0 Å². The normalized spacial score (nSPS) is 18.9. The Kier molecular flexibility index (Phi) is 5.30. The Labute approximate surface area is 93.2 Å². The van der Waals surface area contributed by atoms with E-state index in [1.807, 2.05) is 0 Å². The highest BCUT2D eigenvalue weighted by Gasteiger charge is 2.08. The second-order valence-corrected chi connectivity index (χ2v) is 4.42. The first-order valence-electron chi connectivity index (χ1n) is 5.99. The Balaban J connectivity index is 2.72. The molecule has 1 saturated carbocycles. The lowest BCUT2D eigenvalue weighted by Crippen LogP contribution is -2.08. The van der Waals surface area contributed by atoms with Gasteiger partial charge in [-0.3, -0.25) is 0 Å². The highest BCUT2D eigenvalue weighted by atomic mass is 14.9. The van der Waals surface area contributed by atoms with E-state index in [1.165, 1.54) is 31.4 Å². The first-order valence-corrected chi connectivity index (χ1v) is 5.99. The Morgan fingerprint density at radius 1 is 1.20 bits per heavy atom. The number of hydrogen-bond donors (Lipinski definition) is 0. The zero-order valence-corrected chi connectivity index (χ0v) is 10.00. The molecule has 0 saturated heterocycles. The lowest BCUT2D eigenvalue weighted by Gasteiger charge is -2.07. The summed E-state index contributed by atoms with van der Waals surface area (Å²) in [5, 5.41) is 0. The minimum Gasteiger partial charge on any atom is -0.242 e. The molecule has 0 heterocycles. The van der Waals surface area contributed by atoms with Crippen LogP contribution < -0.4 is 0 Å². The number of amidine groups is 1. The molecule has 0 aromatic carbocycles. The maximum atomic E-state index is 4.68. The predicted octanol–water partition coefficient (Wildman–Crippen LogP) is 3.98. The summed E-state index contributed by atoms with van der Waals surface area (Å²) in [6, 6.07) is 0. The molecule has 1 aliphatic rings. The molecule has 2 nitrogen and oxygen atoms in total. The van der Waals surface area contributed by atoms with Crippen molar-refractivity contribution in [3.05, 3.63) is 12.8 Å². The van der Waals surface area contributed by atoms with Crippen LogP contribution in [-0.2, 0) is 0 Å². The van der Waals surface area contributed by atoms with Gasteiger partial charge in [0.25, 0.3) is 0 Å². The molecular formula is C13H22N2. The third-order valence-corrected chi connectivity index (χ3v) is 2.69. The van der Waals surface area contributed by atoms with E-state index in [9.17, 15) is 0 Å². The van der Waals surface area contributed by atoms with E-state index in [2.05, 4.69) is 30.4 Å². The predicted molar refractivity (Wildman–Crippen MR) is 67.6 cm³/mol. The average molecular weight is 206 g/mol. The first-order chi connectivity index (χ1) is 7.24. The Morgan fingerprint density at radius 3 is 2.27 bits per heavy atom. The van der Waals surface area contributed by atoms with Gasteiger partial charge in [-0.15, -0.1) is 0 Å². The lowest BCUT2D eigenvalue weighted by atomic mass is 10.1. The molecular weight excluding hydrogens is 184 g/mol. The van der Waals surface area contributed by atoms with Gasteiger partial charge in [0.05, 0.1) is 0 Å². The number of nitrogens with zero attached hydrogens (tertiary/aromatic N) is 2. The van der Waals surface area contributed by atoms with Crippen LogP contribution in [0.4, 0.5) is 0 Å². The third-order valence-electron chi connectivity index (χ3n) is 2.69. The van der Waals surface area contributed by atoms with Gasteiger partial charge in [-0.1, -0.05) is 33.3 Å². The van der Waals surface area contributed by atoms with E-state index in [0.717, 1.165) is 18.7 Å². The summed E-state index contributed by atoms with van der Waals surface area (Å²) >= 11 is 0. The van der Waals surface area contributed by atoms with Gasteiger partial charge in [0, 0.05) is 17.8 Å². The molecule has 15 heavy (non-hydrogen) atoms. The summed E-state index contributed by atoms with van der Waals surface area (Å²) in [5.74, 6) is 1.32. The summed E-state index contributed by atoms with van der Waals surface area (Å²) in [5.41, 5.74) is 1.34. The van der Waals surface area contributed by atoms with Crippen molar-refractivity contribution in [1.29, 1.82) is 0 Å². The fourth-order valence-electron chi connectivity index (χ4n) is 1.81. The van der Waals surface area contributed by atoms with Crippen molar-refractivity contribution in [3.8, 4) is 0 Å². The van der Waals surface area contributed by atoms with E-state index in [0.29, 0.717) is 5.92 Å². The molecule has 0 radical (unpaired) electrons. The van der Waals surface area contributed by atoms with Crippen LogP contribution in [0.3, 0.4) is 0 Å². The van der Waals surface area contributed by atoms with Crippen molar-refractivity contribution in [3.63, 3.8) is 0 Å². The van der Waals surface area contributed by atoms with Crippen LogP contribution >= 0.6 is 0 Å². The van der Waals surface area contributed by atoms with Crippen LogP contribution in [0, 0.1) is 5.92 Å². The highest BCUT2D eigenvalue weighted by Crippen LogP contribution is 2.16. The fraction of sp³-hybridized carbons (Fsp3) is 0.692. The molecule has 0 amide bonds. The van der Waals surface area contributed by atoms with E-state index in [1.54, 1.807) is 6.20 Å². The molecule has 1 fully saturated rings. The highest BCUT2D eigenvalue weighted by molar-refractivity contribution is 5.99. The monoisotopic (exact) mass is 206 g/mol. The molecule has 0 aromatic heterocycles. The maximum absolute atomic E-state index is 4.68. The van der Waals surface area contributed by atoms with Crippen LogP contribution in [0.1, 0.15) is 52.4 Å². The summed E-state index contributed by atoms with van der Waals surface area (Å²) in [6.07, 6.45) is 9.20. The minimum absolute atomic E-state index is 0.388. The van der Waals surface area contributed by atoms with Crippen molar-refractivity contribution in [2.45, 2.75) is 52.4 Å². The van der Waals surface area contributed by atoms with Gasteiger partial charge in [-0.05, 0) is 25.7 Å². The topological polar surface area (TPSA) is 24.7 Å². The Bertz CT molecular complexity index is 252. The molecule has 2 heteroatoms. The van der Waals surface area contributed by atoms with Crippen LogP contribution in [0.2, 0.25) is 0 Å². The van der Waals surface area contributed by atoms with Crippen molar-refractivity contribution in [1.82, 2.24) is 0 Å². The molecule has 0 N–H and O–H groups in total. The van der Waals surface area contributed by atoms with Gasteiger partial charge < -0.3 is 0 Å². The van der Waals surface area contributed by atoms with Gasteiger partial charge >= 0.3 is 0 Å². The summed E-state index contributed by atoms with van der Waals surface area (Å²) in [4.78, 5) is 8.92. The molecule has 0 bridgehead atoms. The van der Waals surface area contributed by atoms with Crippen molar-refractivity contribution < 1.29 is 0 Å². The zero-order valence-electron chi connectivity index (χ0n) is 10.00. The molecule has 84 valence electrons. The largest absolute Gasteiger partial charge is 0.242 e. The third kappa shape index (κ3) is 4.41. The van der Waals surface area contributed by atoms with Gasteiger partial charge in [0.1, 0.15) is 5.84 Å². The SMILES string of the molecule is C=CN=C(N=C1CCCCCC1)C(C)C. The van der Waals surface area contributed by atoms with Crippen molar-refractivity contribution in [2.75, 3.05) is 0 Å². The van der Waals surface area contributed by atoms with Gasteiger partial charge in [0.15, 0.2) is 0 Å². The molecule has 0 aromatic rings. The fourth-order valence-corrected chi connectivity index (χ4v) is 1.81. The Morgan fingerprint density at radius 2 is 1.80 bits per heavy atom. The molecule has 1 aliphatic carbocycles. The van der Waals surface area contributed by atoms with Crippen LogP contribution in [-0.4, -0.2) is 11.5 Å². The smallest absolute Gasteiger partial charge is 0.130 e.